The van der Waals surface area contributed by atoms with Crippen molar-refractivity contribution in [1.29, 1.82) is 0 Å². The predicted molar refractivity (Wildman–Crippen MR) is 88.8 cm³/mol. The Kier molecular flexibility index (Phi) is 4.94. The Morgan fingerprint density at radius 1 is 1.46 bits per heavy atom. The van der Waals surface area contributed by atoms with Crippen LogP contribution in [0.5, 0.6) is 5.88 Å². The number of hydrogen-bond donors (Lipinski definition) is 0. The Labute approximate surface area is 141 Å². The van der Waals surface area contributed by atoms with Crippen molar-refractivity contribution < 1.29 is 9.13 Å². The van der Waals surface area contributed by atoms with Crippen LogP contribution in [0.4, 0.5) is 10.3 Å². The Hall–Kier alpha value is -2.22. The Bertz CT molecular complexity index is 678. The van der Waals surface area contributed by atoms with Crippen LogP contribution in [0.15, 0.2) is 24.7 Å². The van der Waals surface area contributed by atoms with E-state index in [2.05, 4.69) is 20.0 Å². The maximum Gasteiger partial charge on any atom is 0.228 e. The van der Waals surface area contributed by atoms with Gasteiger partial charge in [0.05, 0.1) is 13.3 Å². The van der Waals surface area contributed by atoms with Crippen molar-refractivity contribution in [1.82, 2.24) is 24.6 Å². The van der Waals surface area contributed by atoms with Gasteiger partial charge in [-0.3, -0.25) is 9.58 Å². The van der Waals surface area contributed by atoms with E-state index in [0.29, 0.717) is 37.9 Å². The number of aryl methyl sites for hydroxylation is 1. The summed E-state index contributed by atoms with van der Waals surface area (Å²) in [5, 5.41) is 4.18. The van der Waals surface area contributed by atoms with Gasteiger partial charge in [-0.25, -0.2) is 9.37 Å². The minimum absolute atomic E-state index is 0.111. The zero-order valence-electron chi connectivity index (χ0n) is 14.3. The topological polar surface area (TPSA) is 59.3 Å². The molecule has 8 heteroatoms. The summed E-state index contributed by atoms with van der Waals surface area (Å²) in [7, 11) is 5.38. The first-order chi connectivity index (χ1) is 11.5. The smallest absolute Gasteiger partial charge is 0.228 e. The highest BCUT2D eigenvalue weighted by Crippen LogP contribution is 2.24. The molecule has 2 atom stereocenters. The van der Waals surface area contributed by atoms with Crippen LogP contribution in [-0.4, -0.2) is 64.1 Å². The molecule has 1 aliphatic rings. The monoisotopic (exact) mass is 334 g/mol. The number of anilines is 1. The van der Waals surface area contributed by atoms with Gasteiger partial charge >= 0.3 is 0 Å². The molecule has 3 rings (SSSR count). The first-order valence-corrected chi connectivity index (χ1v) is 7.99. The zero-order chi connectivity index (χ0) is 17.1. The summed E-state index contributed by atoms with van der Waals surface area (Å²) in [5.74, 6) is 1.10. The molecular weight excluding hydrogens is 311 g/mol. The highest BCUT2D eigenvalue weighted by molar-refractivity contribution is 5.31. The van der Waals surface area contributed by atoms with E-state index in [1.807, 2.05) is 31.4 Å². The van der Waals surface area contributed by atoms with Gasteiger partial charge in [0.15, 0.2) is 0 Å². The predicted octanol–water partition coefficient (Wildman–Crippen LogP) is 1.27. The van der Waals surface area contributed by atoms with Gasteiger partial charge in [0.1, 0.15) is 6.17 Å². The summed E-state index contributed by atoms with van der Waals surface area (Å²) in [6, 6.07) is 1.82. The molecule has 0 aliphatic carbocycles. The third-order valence-electron chi connectivity index (χ3n) is 4.27. The molecule has 1 aliphatic heterocycles. The third-order valence-corrected chi connectivity index (χ3v) is 4.27. The fourth-order valence-corrected chi connectivity index (χ4v) is 3.12. The van der Waals surface area contributed by atoms with Crippen LogP contribution in [0, 0.1) is 0 Å². The quantitative estimate of drug-likeness (QED) is 0.793. The summed E-state index contributed by atoms with van der Waals surface area (Å²) < 4.78 is 20.9. The lowest BCUT2D eigenvalue weighted by Crippen LogP contribution is -2.39. The number of methoxy groups -OCH3 is 1. The molecule has 0 aromatic carbocycles. The van der Waals surface area contributed by atoms with Crippen molar-refractivity contribution in [2.75, 3.05) is 32.1 Å². The van der Waals surface area contributed by atoms with Crippen LogP contribution in [0.3, 0.4) is 0 Å². The van der Waals surface area contributed by atoms with Crippen LogP contribution in [0.1, 0.15) is 12.0 Å². The lowest BCUT2D eigenvalue weighted by Gasteiger charge is -2.28. The van der Waals surface area contributed by atoms with E-state index in [0.717, 1.165) is 5.56 Å². The molecule has 24 heavy (non-hydrogen) atoms. The highest BCUT2D eigenvalue weighted by Gasteiger charge is 2.33. The van der Waals surface area contributed by atoms with Gasteiger partial charge in [-0.05, 0) is 6.42 Å². The number of likely N-dealkylation sites (N-methyl/N-ethyl adjacent to an activating group) is 1. The second-order valence-corrected chi connectivity index (χ2v) is 6.22. The van der Waals surface area contributed by atoms with E-state index in [1.165, 1.54) is 0 Å². The molecule has 0 spiro atoms. The van der Waals surface area contributed by atoms with Crippen molar-refractivity contribution in [2.24, 2.45) is 7.05 Å². The van der Waals surface area contributed by atoms with E-state index in [1.54, 1.807) is 24.1 Å². The van der Waals surface area contributed by atoms with Gasteiger partial charge in [-0.2, -0.15) is 10.1 Å². The lowest BCUT2D eigenvalue weighted by molar-refractivity contribution is 0.237. The normalized spacial score (nSPS) is 21.2. The number of likely N-dealkylation sites (tertiary alicyclic amines) is 1. The van der Waals surface area contributed by atoms with Crippen molar-refractivity contribution >= 4 is 5.95 Å². The Morgan fingerprint density at radius 3 is 3.00 bits per heavy atom. The van der Waals surface area contributed by atoms with Crippen LogP contribution < -0.4 is 9.64 Å². The minimum Gasteiger partial charge on any atom is -0.481 e. The number of hydrogen-bond acceptors (Lipinski definition) is 6. The van der Waals surface area contributed by atoms with E-state index < -0.39 is 6.17 Å². The van der Waals surface area contributed by atoms with E-state index in [9.17, 15) is 4.39 Å². The summed E-state index contributed by atoms with van der Waals surface area (Å²) in [6.45, 7) is 1.81. The number of halogens is 1. The lowest BCUT2D eigenvalue weighted by atomic mass is 10.2. The molecule has 0 amide bonds. The zero-order valence-corrected chi connectivity index (χ0v) is 14.3. The second-order valence-electron chi connectivity index (χ2n) is 6.22. The van der Waals surface area contributed by atoms with Crippen LogP contribution in [0.25, 0.3) is 0 Å². The largest absolute Gasteiger partial charge is 0.481 e. The van der Waals surface area contributed by atoms with Gasteiger partial charge in [-0.15, -0.1) is 0 Å². The fourth-order valence-electron chi connectivity index (χ4n) is 3.12. The maximum atomic E-state index is 14.0. The van der Waals surface area contributed by atoms with E-state index >= 15 is 0 Å². The second kappa shape index (κ2) is 7.12. The number of alkyl halides is 1. The van der Waals surface area contributed by atoms with Crippen molar-refractivity contribution in [2.45, 2.75) is 25.2 Å². The molecule has 2 aromatic rings. The van der Waals surface area contributed by atoms with Crippen molar-refractivity contribution in [3.8, 4) is 5.88 Å². The van der Waals surface area contributed by atoms with Crippen LogP contribution in [0.2, 0.25) is 0 Å². The maximum absolute atomic E-state index is 14.0. The van der Waals surface area contributed by atoms with Gasteiger partial charge in [0, 0.05) is 63.8 Å². The van der Waals surface area contributed by atoms with Crippen molar-refractivity contribution in [3.05, 3.63) is 30.2 Å². The number of nitrogens with zero attached hydrogens (tertiary/aromatic N) is 6. The average Bonchev–Trinajstić information content (AvgIpc) is 3.13. The van der Waals surface area contributed by atoms with E-state index in [-0.39, 0.29) is 6.04 Å². The van der Waals surface area contributed by atoms with Crippen LogP contribution >= 0.6 is 0 Å². The molecular formula is C16H23FN6O. The SMILES string of the molecule is COc1ccnc(N(C)C[C@@H]2C[C@H](F)CN2Cc2cnn(C)c2)n1. The Balaban J connectivity index is 1.67. The molecule has 130 valence electrons. The summed E-state index contributed by atoms with van der Waals surface area (Å²) in [6.07, 6.45) is 5.19. The molecule has 0 N–H and O–H groups in total. The molecule has 0 bridgehead atoms. The molecule has 3 heterocycles. The van der Waals surface area contributed by atoms with Crippen molar-refractivity contribution in [3.63, 3.8) is 0 Å². The third kappa shape index (κ3) is 3.81. The average molecular weight is 334 g/mol. The van der Waals surface area contributed by atoms with Gasteiger partial charge in [0.25, 0.3) is 0 Å². The van der Waals surface area contributed by atoms with Gasteiger partial charge in [0.2, 0.25) is 11.8 Å². The number of ether oxygens (including phenoxy) is 1. The summed E-state index contributed by atoms with van der Waals surface area (Å²) >= 11 is 0. The van der Waals surface area contributed by atoms with Gasteiger partial charge < -0.3 is 9.64 Å². The first-order valence-electron chi connectivity index (χ1n) is 7.99. The highest BCUT2D eigenvalue weighted by atomic mass is 19.1. The fraction of sp³-hybridized carbons (Fsp3) is 0.562. The standard InChI is InChI=1S/C16H23FN6O/c1-21(16-18-5-4-15(20-16)24-3)11-14-6-13(17)10-23(14)9-12-7-19-22(2)8-12/h4-5,7-8,13-14H,6,9-11H2,1-3H3/t13-,14-/m0/s1. The Morgan fingerprint density at radius 2 is 2.29 bits per heavy atom. The molecule has 1 saturated heterocycles. The number of aromatic nitrogens is 4. The minimum atomic E-state index is -0.800. The molecule has 0 radical (unpaired) electrons. The van der Waals surface area contributed by atoms with Gasteiger partial charge in [-0.1, -0.05) is 0 Å². The summed E-state index contributed by atoms with van der Waals surface area (Å²) in [5.41, 5.74) is 1.09. The molecule has 0 saturated carbocycles. The first kappa shape index (κ1) is 16.6. The number of rotatable bonds is 6. The molecule has 0 unspecified atom stereocenters. The van der Waals surface area contributed by atoms with Crippen LogP contribution in [-0.2, 0) is 13.6 Å². The summed E-state index contributed by atoms with van der Waals surface area (Å²) in [4.78, 5) is 12.7. The molecule has 7 nitrogen and oxygen atoms in total. The van der Waals surface area contributed by atoms with E-state index in [4.69, 9.17) is 4.74 Å². The molecule has 2 aromatic heterocycles. The molecule has 1 fully saturated rings.